The highest BCUT2D eigenvalue weighted by molar-refractivity contribution is 5.92. The van der Waals surface area contributed by atoms with Crippen LogP contribution < -0.4 is 20.3 Å². The van der Waals surface area contributed by atoms with E-state index in [1.54, 1.807) is 48.5 Å². The molecule has 0 spiro atoms. The van der Waals surface area contributed by atoms with Gasteiger partial charge in [0, 0.05) is 17.3 Å². The van der Waals surface area contributed by atoms with E-state index in [1.165, 1.54) is 6.07 Å². The molecule has 0 saturated carbocycles. The first kappa shape index (κ1) is 18.9. The van der Waals surface area contributed by atoms with Gasteiger partial charge >= 0.3 is 0 Å². The molecule has 7 nitrogen and oxygen atoms in total. The van der Waals surface area contributed by atoms with Gasteiger partial charge in [-0.15, -0.1) is 0 Å². The predicted octanol–water partition coefficient (Wildman–Crippen LogP) is 3.02. The quantitative estimate of drug-likeness (QED) is 0.589. The van der Waals surface area contributed by atoms with Crippen LogP contribution in [0.4, 0.5) is 5.69 Å². The van der Waals surface area contributed by atoms with Crippen LogP contribution in [0.15, 0.2) is 78.1 Å². The van der Waals surface area contributed by atoms with Gasteiger partial charge in [-0.3, -0.25) is 9.59 Å². The van der Waals surface area contributed by atoms with E-state index in [0.29, 0.717) is 29.5 Å². The first-order chi connectivity index (χ1) is 13.7. The molecule has 0 fully saturated rings. The molecule has 2 N–H and O–H groups in total. The lowest BCUT2D eigenvalue weighted by Crippen LogP contribution is -2.20. The molecule has 0 atom stereocenters. The predicted molar refractivity (Wildman–Crippen MR) is 107 cm³/mol. The Kier molecular flexibility index (Phi) is 6.20. The van der Waals surface area contributed by atoms with Crippen molar-refractivity contribution in [3.05, 3.63) is 83.7 Å². The van der Waals surface area contributed by atoms with Crippen LogP contribution in [-0.4, -0.2) is 29.3 Å². The lowest BCUT2D eigenvalue weighted by molar-refractivity contribution is -0.118. The highest BCUT2D eigenvalue weighted by Gasteiger charge is 2.09. The fourth-order valence-electron chi connectivity index (χ4n) is 2.44. The smallest absolute Gasteiger partial charge is 0.264 e. The first-order valence-corrected chi connectivity index (χ1v) is 8.57. The van der Waals surface area contributed by atoms with Gasteiger partial charge in [-0.25, -0.2) is 5.10 Å². The van der Waals surface area contributed by atoms with E-state index in [2.05, 4.69) is 22.1 Å². The summed E-state index contributed by atoms with van der Waals surface area (Å²) in [6.07, 6.45) is 1.63. The maximum absolute atomic E-state index is 12.2. The maximum atomic E-state index is 12.2. The number of rotatable bonds is 8. The molecule has 0 saturated heterocycles. The number of para-hydroxylation sites is 2. The Bertz CT molecular complexity index is 1010. The van der Waals surface area contributed by atoms with Crippen molar-refractivity contribution in [1.29, 1.82) is 0 Å². The molecule has 1 heterocycles. The van der Waals surface area contributed by atoms with E-state index >= 15 is 0 Å². The minimum atomic E-state index is -0.315. The highest BCUT2D eigenvalue weighted by atomic mass is 16.5. The number of carbonyl (C=O) groups excluding carboxylic acids is 1. The largest absolute Gasteiger partial charge is 0.486 e. The fourth-order valence-corrected chi connectivity index (χ4v) is 2.44. The molecule has 2 aromatic carbocycles. The fraction of sp³-hybridized carbons (Fsp3) is 0.0952. The third-order valence-corrected chi connectivity index (χ3v) is 3.69. The number of benzene rings is 2. The summed E-state index contributed by atoms with van der Waals surface area (Å²) < 4.78 is 11.1. The van der Waals surface area contributed by atoms with Gasteiger partial charge in [0.1, 0.15) is 6.61 Å². The average Bonchev–Trinajstić information content (AvgIpc) is 2.72. The zero-order valence-corrected chi connectivity index (χ0v) is 15.1. The SMILES string of the molecule is C=CCOc1ccccc1OCC(=O)Nc1cccc(-c2ccc(=O)[nH]n2)c1. The number of nitrogens with one attached hydrogen (secondary N) is 2. The Morgan fingerprint density at radius 2 is 1.86 bits per heavy atom. The molecule has 0 aliphatic carbocycles. The first-order valence-electron chi connectivity index (χ1n) is 8.57. The minimum absolute atomic E-state index is 0.171. The standard InChI is InChI=1S/C21H19N3O4/c1-2-12-27-18-8-3-4-9-19(18)28-14-21(26)22-16-7-5-6-15(13-16)17-10-11-20(25)24-23-17/h2-11,13H,1,12,14H2,(H,22,26)(H,24,25). The summed E-state index contributed by atoms with van der Waals surface area (Å²) in [4.78, 5) is 23.4. The average molecular weight is 377 g/mol. The van der Waals surface area contributed by atoms with Crippen LogP contribution in [0, 0.1) is 0 Å². The molecule has 28 heavy (non-hydrogen) atoms. The third-order valence-electron chi connectivity index (χ3n) is 3.69. The molecule has 0 radical (unpaired) electrons. The number of aromatic amines is 1. The number of carbonyl (C=O) groups is 1. The Labute approximate surface area is 161 Å². The Morgan fingerprint density at radius 1 is 1.07 bits per heavy atom. The number of amides is 1. The van der Waals surface area contributed by atoms with Crippen LogP contribution in [-0.2, 0) is 4.79 Å². The number of hydrogen-bond acceptors (Lipinski definition) is 5. The number of hydrogen-bond donors (Lipinski definition) is 2. The molecule has 0 unspecified atom stereocenters. The van der Waals surface area contributed by atoms with Crippen molar-refractivity contribution in [2.75, 3.05) is 18.5 Å². The van der Waals surface area contributed by atoms with Gasteiger partial charge < -0.3 is 14.8 Å². The molecule has 3 aromatic rings. The van der Waals surface area contributed by atoms with E-state index in [0.717, 1.165) is 5.56 Å². The van der Waals surface area contributed by atoms with Crippen LogP contribution in [0.5, 0.6) is 11.5 Å². The van der Waals surface area contributed by atoms with E-state index in [4.69, 9.17) is 9.47 Å². The molecular weight excluding hydrogens is 358 g/mol. The van der Waals surface area contributed by atoms with Crippen LogP contribution in [0.25, 0.3) is 11.3 Å². The Hall–Kier alpha value is -3.87. The van der Waals surface area contributed by atoms with Gasteiger partial charge in [0.05, 0.1) is 5.69 Å². The van der Waals surface area contributed by atoms with Gasteiger partial charge in [0.25, 0.3) is 11.5 Å². The molecule has 0 bridgehead atoms. The topological polar surface area (TPSA) is 93.3 Å². The van der Waals surface area contributed by atoms with Gasteiger partial charge in [-0.2, -0.15) is 5.10 Å². The van der Waals surface area contributed by atoms with Crippen LogP contribution in [0.3, 0.4) is 0 Å². The summed E-state index contributed by atoms with van der Waals surface area (Å²) in [7, 11) is 0. The second-order valence-electron chi connectivity index (χ2n) is 5.77. The van der Waals surface area contributed by atoms with Gasteiger partial charge in [-0.1, -0.05) is 36.9 Å². The third kappa shape index (κ3) is 5.07. The van der Waals surface area contributed by atoms with E-state index < -0.39 is 0 Å². The van der Waals surface area contributed by atoms with Crippen molar-refractivity contribution in [1.82, 2.24) is 10.2 Å². The molecule has 3 rings (SSSR count). The molecule has 1 amide bonds. The van der Waals surface area contributed by atoms with Crippen LogP contribution in [0.2, 0.25) is 0 Å². The zero-order chi connectivity index (χ0) is 19.8. The molecule has 1 aromatic heterocycles. The monoisotopic (exact) mass is 377 g/mol. The summed E-state index contributed by atoms with van der Waals surface area (Å²) in [6.45, 7) is 3.78. The molecule has 7 heteroatoms. The summed E-state index contributed by atoms with van der Waals surface area (Å²) in [5.74, 6) is 0.706. The number of H-pyrrole nitrogens is 1. The summed E-state index contributed by atoms with van der Waals surface area (Å²) in [5.41, 5.74) is 1.68. The number of nitrogens with zero attached hydrogens (tertiary/aromatic N) is 1. The molecule has 0 aliphatic rings. The number of ether oxygens (including phenoxy) is 2. The van der Waals surface area contributed by atoms with Crippen molar-refractivity contribution in [3.8, 4) is 22.8 Å². The van der Waals surface area contributed by atoms with E-state index in [9.17, 15) is 9.59 Å². The second kappa shape index (κ2) is 9.18. The van der Waals surface area contributed by atoms with Crippen molar-refractivity contribution < 1.29 is 14.3 Å². The van der Waals surface area contributed by atoms with Crippen molar-refractivity contribution >= 4 is 11.6 Å². The lowest BCUT2D eigenvalue weighted by Gasteiger charge is -2.12. The van der Waals surface area contributed by atoms with E-state index in [-0.39, 0.29) is 18.1 Å². The van der Waals surface area contributed by atoms with Gasteiger partial charge in [0.15, 0.2) is 18.1 Å². The van der Waals surface area contributed by atoms with Crippen molar-refractivity contribution in [2.45, 2.75) is 0 Å². The Morgan fingerprint density at radius 3 is 2.57 bits per heavy atom. The van der Waals surface area contributed by atoms with Crippen LogP contribution >= 0.6 is 0 Å². The maximum Gasteiger partial charge on any atom is 0.264 e. The Balaban J connectivity index is 1.63. The molecule has 142 valence electrons. The normalized spacial score (nSPS) is 10.1. The zero-order valence-electron chi connectivity index (χ0n) is 15.1. The molecular formula is C21H19N3O4. The summed E-state index contributed by atoms with van der Waals surface area (Å²) >= 11 is 0. The summed E-state index contributed by atoms with van der Waals surface area (Å²) in [6, 6.07) is 17.3. The number of anilines is 1. The number of aromatic nitrogens is 2. The van der Waals surface area contributed by atoms with Crippen molar-refractivity contribution in [3.63, 3.8) is 0 Å². The second-order valence-corrected chi connectivity index (χ2v) is 5.77. The van der Waals surface area contributed by atoms with Crippen LogP contribution in [0.1, 0.15) is 0 Å². The van der Waals surface area contributed by atoms with Crippen molar-refractivity contribution in [2.24, 2.45) is 0 Å². The molecule has 0 aliphatic heterocycles. The lowest BCUT2D eigenvalue weighted by atomic mass is 10.1. The van der Waals surface area contributed by atoms with E-state index in [1.807, 2.05) is 12.1 Å². The van der Waals surface area contributed by atoms with Gasteiger partial charge in [0.2, 0.25) is 0 Å². The van der Waals surface area contributed by atoms with Gasteiger partial charge in [-0.05, 0) is 30.3 Å². The summed E-state index contributed by atoms with van der Waals surface area (Å²) in [5, 5.41) is 9.14. The minimum Gasteiger partial charge on any atom is -0.486 e. The highest BCUT2D eigenvalue weighted by Crippen LogP contribution is 2.26.